The molecule has 0 aromatic carbocycles. The zero-order chi connectivity index (χ0) is 11.3. The summed E-state index contributed by atoms with van der Waals surface area (Å²) in [6.45, 7) is 4.22. The molecule has 0 unspecified atom stereocenters. The second-order valence-corrected chi connectivity index (χ2v) is 3.81. The monoisotopic (exact) mass is 234 g/mol. The molecule has 0 aliphatic heterocycles. The van der Waals surface area contributed by atoms with Crippen LogP contribution in [0.3, 0.4) is 0 Å². The number of hydrogen-bond acceptors (Lipinski definition) is 2. The summed E-state index contributed by atoms with van der Waals surface area (Å²) in [5.41, 5.74) is 0.672. The van der Waals surface area contributed by atoms with Gasteiger partial charge in [-0.2, -0.15) is 5.10 Å². The molecular weight excluding hydrogens is 219 g/mol. The van der Waals surface area contributed by atoms with E-state index >= 15 is 0 Å². The number of aryl methyl sites for hydroxylation is 1. The van der Waals surface area contributed by atoms with E-state index in [2.05, 4.69) is 5.10 Å². The van der Waals surface area contributed by atoms with Crippen molar-refractivity contribution in [2.45, 2.75) is 39.5 Å². The lowest BCUT2D eigenvalue weighted by Crippen LogP contribution is -2.07. The quantitative estimate of drug-likeness (QED) is 0.757. The van der Waals surface area contributed by atoms with Crippen molar-refractivity contribution in [1.29, 1.82) is 0 Å². The van der Waals surface area contributed by atoms with Crippen LogP contribution in [0.1, 0.15) is 26.0 Å². The Morgan fingerprint density at radius 3 is 3.00 bits per heavy atom. The molecule has 0 radical (unpaired) electrons. The van der Waals surface area contributed by atoms with Gasteiger partial charge < -0.3 is 4.74 Å². The standard InChI is InChI=1S/C10H16ClFN2O/c1-3-8(2)15-7-10-9(11)6-14(13-10)5-4-12/h6,8H,3-5,7H2,1-2H3/t8-/m1/s1. The highest BCUT2D eigenvalue weighted by molar-refractivity contribution is 6.31. The molecule has 0 aliphatic carbocycles. The Morgan fingerprint density at radius 2 is 2.40 bits per heavy atom. The van der Waals surface area contributed by atoms with Crippen LogP contribution in [0.2, 0.25) is 5.02 Å². The molecule has 1 rings (SSSR count). The normalized spacial score (nSPS) is 13.1. The Hall–Kier alpha value is -0.610. The number of halogens is 2. The lowest BCUT2D eigenvalue weighted by Gasteiger charge is -2.08. The maximum Gasteiger partial charge on any atom is 0.109 e. The Balaban J connectivity index is 2.53. The predicted molar refractivity (Wildman–Crippen MR) is 57.8 cm³/mol. The summed E-state index contributed by atoms with van der Waals surface area (Å²) in [5, 5.41) is 4.66. The average Bonchev–Trinajstić information content (AvgIpc) is 2.56. The highest BCUT2D eigenvalue weighted by atomic mass is 35.5. The molecule has 1 heterocycles. The molecule has 3 nitrogen and oxygen atoms in total. The Morgan fingerprint density at radius 1 is 1.67 bits per heavy atom. The molecule has 0 aliphatic rings. The van der Waals surface area contributed by atoms with Gasteiger partial charge >= 0.3 is 0 Å². The lowest BCUT2D eigenvalue weighted by molar-refractivity contribution is 0.0486. The predicted octanol–water partition coefficient (Wildman–Crippen LogP) is 2.82. The first-order valence-corrected chi connectivity index (χ1v) is 5.44. The summed E-state index contributed by atoms with van der Waals surface area (Å²) in [6, 6.07) is 0. The van der Waals surface area contributed by atoms with Gasteiger partial charge in [0.05, 0.1) is 24.3 Å². The molecule has 0 saturated heterocycles. The lowest BCUT2D eigenvalue weighted by atomic mass is 10.3. The first-order chi connectivity index (χ1) is 7.17. The van der Waals surface area contributed by atoms with Crippen molar-refractivity contribution in [2.24, 2.45) is 0 Å². The van der Waals surface area contributed by atoms with Crippen molar-refractivity contribution in [3.8, 4) is 0 Å². The summed E-state index contributed by atoms with van der Waals surface area (Å²) in [7, 11) is 0. The van der Waals surface area contributed by atoms with Crippen molar-refractivity contribution in [1.82, 2.24) is 9.78 Å². The molecule has 0 bridgehead atoms. The largest absolute Gasteiger partial charge is 0.372 e. The second kappa shape index (κ2) is 6.08. The first-order valence-electron chi connectivity index (χ1n) is 5.06. The van der Waals surface area contributed by atoms with Crippen LogP contribution >= 0.6 is 11.6 Å². The van der Waals surface area contributed by atoms with Crippen LogP contribution in [0, 0.1) is 0 Å². The summed E-state index contributed by atoms with van der Waals surface area (Å²) in [4.78, 5) is 0. The van der Waals surface area contributed by atoms with E-state index in [0.29, 0.717) is 17.3 Å². The maximum absolute atomic E-state index is 12.1. The van der Waals surface area contributed by atoms with Crippen LogP contribution in [-0.4, -0.2) is 22.6 Å². The average molecular weight is 235 g/mol. The Labute approximate surface area is 94.2 Å². The number of ether oxygens (including phenoxy) is 1. The van der Waals surface area contributed by atoms with Crippen molar-refractivity contribution in [3.63, 3.8) is 0 Å². The third kappa shape index (κ3) is 3.80. The number of aromatic nitrogens is 2. The Bertz CT molecular complexity index is 304. The molecule has 0 fully saturated rings. The molecule has 1 aromatic heterocycles. The van der Waals surface area contributed by atoms with Crippen LogP contribution in [0.5, 0.6) is 0 Å². The molecule has 0 saturated carbocycles. The van der Waals surface area contributed by atoms with E-state index in [1.165, 1.54) is 4.68 Å². The zero-order valence-electron chi connectivity index (χ0n) is 9.04. The highest BCUT2D eigenvalue weighted by Gasteiger charge is 2.08. The topological polar surface area (TPSA) is 27.1 Å². The van der Waals surface area contributed by atoms with Crippen LogP contribution in [0.15, 0.2) is 6.20 Å². The van der Waals surface area contributed by atoms with Gasteiger partial charge in [-0.05, 0) is 13.3 Å². The SMILES string of the molecule is CC[C@@H](C)OCc1nn(CCF)cc1Cl. The van der Waals surface area contributed by atoms with E-state index in [0.717, 1.165) is 6.42 Å². The minimum Gasteiger partial charge on any atom is -0.372 e. The van der Waals surface area contributed by atoms with Gasteiger partial charge in [0.15, 0.2) is 0 Å². The smallest absolute Gasteiger partial charge is 0.109 e. The summed E-state index contributed by atoms with van der Waals surface area (Å²) in [6.07, 6.45) is 2.76. The van der Waals surface area contributed by atoms with E-state index in [-0.39, 0.29) is 12.6 Å². The van der Waals surface area contributed by atoms with Crippen molar-refractivity contribution in [3.05, 3.63) is 16.9 Å². The van der Waals surface area contributed by atoms with Gasteiger partial charge in [0.25, 0.3) is 0 Å². The summed E-state index contributed by atoms with van der Waals surface area (Å²) >= 11 is 5.92. The summed E-state index contributed by atoms with van der Waals surface area (Å²) in [5.74, 6) is 0. The Kier molecular flexibility index (Phi) is 5.05. The van der Waals surface area contributed by atoms with E-state index in [1.54, 1.807) is 6.20 Å². The number of rotatable bonds is 6. The van der Waals surface area contributed by atoms with E-state index in [4.69, 9.17) is 16.3 Å². The van der Waals surface area contributed by atoms with E-state index in [1.807, 2.05) is 13.8 Å². The molecular formula is C10H16ClFN2O. The number of hydrogen-bond donors (Lipinski definition) is 0. The molecule has 0 spiro atoms. The third-order valence-electron chi connectivity index (χ3n) is 2.18. The van der Waals surface area contributed by atoms with Gasteiger partial charge in [-0.1, -0.05) is 18.5 Å². The van der Waals surface area contributed by atoms with Gasteiger partial charge in [0.1, 0.15) is 12.4 Å². The fraction of sp³-hybridized carbons (Fsp3) is 0.700. The molecule has 0 N–H and O–H groups in total. The van der Waals surface area contributed by atoms with Gasteiger partial charge in [-0.3, -0.25) is 4.68 Å². The zero-order valence-corrected chi connectivity index (χ0v) is 9.80. The first kappa shape index (κ1) is 12.5. The third-order valence-corrected chi connectivity index (χ3v) is 2.50. The van der Waals surface area contributed by atoms with Crippen LogP contribution in [0.25, 0.3) is 0 Å². The van der Waals surface area contributed by atoms with Crippen LogP contribution in [0.4, 0.5) is 4.39 Å². The number of alkyl halides is 1. The minimum absolute atomic E-state index is 0.187. The summed E-state index contributed by atoms with van der Waals surface area (Å²) < 4.78 is 19.0. The fourth-order valence-electron chi connectivity index (χ4n) is 1.08. The molecule has 86 valence electrons. The minimum atomic E-state index is -0.441. The maximum atomic E-state index is 12.1. The van der Waals surface area contributed by atoms with Gasteiger partial charge in [0, 0.05) is 6.20 Å². The van der Waals surface area contributed by atoms with Gasteiger partial charge in [-0.25, -0.2) is 4.39 Å². The van der Waals surface area contributed by atoms with Gasteiger partial charge in [0.2, 0.25) is 0 Å². The second-order valence-electron chi connectivity index (χ2n) is 3.41. The van der Waals surface area contributed by atoms with E-state index < -0.39 is 6.67 Å². The molecule has 1 aromatic rings. The molecule has 5 heteroatoms. The molecule has 0 amide bonds. The van der Waals surface area contributed by atoms with Gasteiger partial charge in [-0.15, -0.1) is 0 Å². The van der Waals surface area contributed by atoms with Crippen LogP contribution in [-0.2, 0) is 17.9 Å². The number of nitrogens with zero attached hydrogens (tertiary/aromatic N) is 2. The highest BCUT2D eigenvalue weighted by Crippen LogP contribution is 2.15. The van der Waals surface area contributed by atoms with Crippen molar-refractivity contribution >= 4 is 11.6 Å². The van der Waals surface area contributed by atoms with Crippen molar-refractivity contribution in [2.75, 3.05) is 6.67 Å². The van der Waals surface area contributed by atoms with Crippen LogP contribution < -0.4 is 0 Å². The van der Waals surface area contributed by atoms with Crippen molar-refractivity contribution < 1.29 is 9.13 Å². The molecule has 1 atom stereocenters. The van der Waals surface area contributed by atoms with E-state index in [9.17, 15) is 4.39 Å². The fourth-order valence-corrected chi connectivity index (χ4v) is 1.28. The molecule has 15 heavy (non-hydrogen) atoms.